The van der Waals surface area contributed by atoms with Crippen LogP contribution in [0.25, 0.3) is 0 Å². The number of rotatable bonds is 2. The van der Waals surface area contributed by atoms with Crippen LogP contribution >= 0.6 is 0 Å². The lowest BCUT2D eigenvalue weighted by Crippen LogP contribution is -2.51. The van der Waals surface area contributed by atoms with Gasteiger partial charge < -0.3 is 14.2 Å². The summed E-state index contributed by atoms with van der Waals surface area (Å²) >= 11 is 0. The summed E-state index contributed by atoms with van der Waals surface area (Å²) in [7, 11) is 3.47. The van der Waals surface area contributed by atoms with Crippen LogP contribution in [0.2, 0.25) is 0 Å². The van der Waals surface area contributed by atoms with Gasteiger partial charge in [-0.05, 0) is 48.8 Å². The molecule has 1 aliphatic heterocycles. The van der Waals surface area contributed by atoms with Gasteiger partial charge in [0.2, 0.25) is 0 Å². The molecule has 120 valence electrons. The first-order chi connectivity index (χ1) is 11.2. The Kier molecular flexibility index (Phi) is 2.55. The molecule has 0 radical (unpaired) electrons. The summed E-state index contributed by atoms with van der Waals surface area (Å²) < 4.78 is 17.8. The number of ether oxygens (including phenoxy) is 3. The Hall–Kier alpha value is -1.90. The summed E-state index contributed by atoms with van der Waals surface area (Å²) in [6.45, 7) is 2.40. The maximum Gasteiger partial charge on any atom is 0.169 e. The van der Waals surface area contributed by atoms with Gasteiger partial charge in [0, 0.05) is 5.56 Å². The highest BCUT2D eigenvalue weighted by Gasteiger charge is 2.61. The third-order valence-electron chi connectivity index (χ3n) is 6.51. The molecule has 0 aromatic heterocycles. The van der Waals surface area contributed by atoms with Crippen LogP contribution in [-0.2, 0) is 16.6 Å². The van der Waals surface area contributed by atoms with Crippen molar-refractivity contribution < 1.29 is 14.2 Å². The molecule has 3 aliphatic carbocycles. The first-order valence-corrected chi connectivity index (χ1v) is 8.54. The van der Waals surface area contributed by atoms with E-state index in [4.69, 9.17) is 14.2 Å². The zero-order valence-electron chi connectivity index (χ0n) is 13.9. The van der Waals surface area contributed by atoms with Gasteiger partial charge in [0.25, 0.3) is 0 Å². The molecule has 3 nitrogen and oxygen atoms in total. The lowest BCUT2D eigenvalue weighted by Gasteiger charge is -2.51. The molecule has 23 heavy (non-hydrogen) atoms. The molecule has 1 spiro atoms. The molecule has 4 aliphatic rings. The second kappa shape index (κ2) is 4.34. The Morgan fingerprint density at radius 3 is 2.83 bits per heavy atom. The van der Waals surface area contributed by atoms with E-state index < -0.39 is 0 Å². The van der Waals surface area contributed by atoms with Gasteiger partial charge in [0.1, 0.15) is 5.76 Å². The zero-order valence-corrected chi connectivity index (χ0v) is 13.9. The predicted molar refractivity (Wildman–Crippen MR) is 87.9 cm³/mol. The minimum atomic E-state index is -0.0344. The van der Waals surface area contributed by atoms with E-state index in [-0.39, 0.29) is 11.5 Å². The smallest absolute Gasteiger partial charge is 0.169 e. The van der Waals surface area contributed by atoms with Crippen molar-refractivity contribution in [3.63, 3.8) is 0 Å². The van der Waals surface area contributed by atoms with E-state index in [0.29, 0.717) is 5.92 Å². The van der Waals surface area contributed by atoms with Gasteiger partial charge in [-0.15, -0.1) is 0 Å². The molecule has 3 heteroatoms. The number of allylic oxidation sites excluding steroid dienone is 2. The predicted octanol–water partition coefficient (Wildman–Crippen LogP) is 3.77. The molecule has 5 rings (SSSR count). The second-order valence-electron chi connectivity index (χ2n) is 7.32. The molecular formula is C20H22O3. The molecule has 0 amide bonds. The standard InChI is InChI=1S/C20H22O3/c1-11-8-9-20-14-5-7-16(22-3)19(20)23-18-15(21-2)6-4-12(17(18)20)10-13(11)14/h4-7,11,13,19H,8-10H2,1-3H3/t11-,13+,19+,20+/m1/s1. The molecule has 0 N–H and O–H groups in total. The zero-order chi connectivity index (χ0) is 15.8. The quantitative estimate of drug-likeness (QED) is 0.832. The van der Waals surface area contributed by atoms with Gasteiger partial charge in [-0.3, -0.25) is 0 Å². The number of methoxy groups -OCH3 is 2. The van der Waals surface area contributed by atoms with Gasteiger partial charge in [0.15, 0.2) is 17.6 Å². The van der Waals surface area contributed by atoms with Crippen LogP contribution < -0.4 is 9.47 Å². The van der Waals surface area contributed by atoms with E-state index in [9.17, 15) is 0 Å². The van der Waals surface area contributed by atoms with Crippen molar-refractivity contribution in [2.75, 3.05) is 14.2 Å². The van der Waals surface area contributed by atoms with Crippen LogP contribution in [0.5, 0.6) is 11.5 Å². The first kappa shape index (κ1) is 13.5. The minimum absolute atomic E-state index is 0.0330. The number of hydrogen-bond donors (Lipinski definition) is 0. The fourth-order valence-electron chi connectivity index (χ4n) is 5.44. The molecule has 2 bridgehead atoms. The van der Waals surface area contributed by atoms with E-state index in [2.05, 4.69) is 31.2 Å². The molecule has 1 saturated carbocycles. The second-order valence-corrected chi connectivity index (χ2v) is 7.32. The Morgan fingerprint density at radius 1 is 1.17 bits per heavy atom. The van der Waals surface area contributed by atoms with Gasteiger partial charge in [0.05, 0.1) is 19.6 Å². The van der Waals surface area contributed by atoms with Crippen LogP contribution in [0.3, 0.4) is 0 Å². The van der Waals surface area contributed by atoms with E-state index in [1.165, 1.54) is 17.5 Å². The SMILES string of the molecule is COC1=CC=C2[C@H]3Cc4ccc(OC)c5c4[C@@]2(CC[C@H]3C)[C@H]1O5. The first-order valence-electron chi connectivity index (χ1n) is 8.54. The van der Waals surface area contributed by atoms with Crippen LogP contribution in [0.15, 0.2) is 35.6 Å². The maximum atomic E-state index is 6.48. The van der Waals surface area contributed by atoms with Gasteiger partial charge >= 0.3 is 0 Å². The molecule has 1 heterocycles. The maximum absolute atomic E-state index is 6.48. The lowest BCUT2D eigenvalue weighted by atomic mass is 9.51. The van der Waals surface area contributed by atoms with Gasteiger partial charge in [-0.2, -0.15) is 0 Å². The molecule has 1 fully saturated rings. The van der Waals surface area contributed by atoms with Crippen LogP contribution in [-0.4, -0.2) is 20.3 Å². The van der Waals surface area contributed by atoms with Crippen molar-refractivity contribution in [1.29, 1.82) is 0 Å². The van der Waals surface area contributed by atoms with Crippen LogP contribution in [0, 0.1) is 11.8 Å². The Balaban J connectivity index is 1.84. The van der Waals surface area contributed by atoms with Crippen LogP contribution in [0.1, 0.15) is 30.9 Å². The average molecular weight is 310 g/mol. The monoisotopic (exact) mass is 310 g/mol. The Morgan fingerprint density at radius 2 is 2.04 bits per heavy atom. The van der Waals surface area contributed by atoms with E-state index in [1.807, 2.05) is 0 Å². The summed E-state index contributed by atoms with van der Waals surface area (Å²) in [5.41, 5.74) is 4.34. The van der Waals surface area contributed by atoms with Crippen molar-refractivity contribution >= 4 is 0 Å². The normalized spacial score (nSPS) is 35.7. The highest BCUT2D eigenvalue weighted by atomic mass is 16.6. The third kappa shape index (κ3) is 1.42. The lowest BCUT2D eigenvalue weighted by molar-refractivity contribution is 0.0839. The Labute approximate surface area is 136 Å². The van der Waals surface area contributed by atoms with Gasteiger partial charge in [-0.1, -0.05) is 24.6 Å². The van der Waals surface area contributed by atoms with Crippen molar-refractivity contribution in [3.8, 4) is 11.5 Å². The summed E-state index contributed by atoms with van der Waals surface area (Å²) in [5.74, 6) is 4.08. The largest absolute Gasteiger partial charge is 0.497 e. The molecule has 0 saturated heterocycles. The summed E-state index contributed by atoms with van der Waals surface area (Å²) in [6.07, 6.45) is 7.90. The topological polar surface area (TPSA) is 27.7 Å². The highest BCUT2D eigenvalue weighted by Crippen LogP contribution is 2.65. The molecular weight excluding hydrogens is 288 g/mol. The average Bonchev–Trinajstić information content (AvgIpc) is 2.92. The molecule has 4 atom stereocenters. The van der Waals surface area contributed by atoms with Crippen molar-refractivity contribution in [3.05, 3.63) is 46.7 Å². The number of hydrogen-bond acceptors (Lipinski definition) is 3. The van der Waals surface area contributed by atoms with Crippen molar-refractivity contribution in [1.82, 2.24) is 0 Å². The minimum Gasteiger partial charge on any atom is -0.497 e. The van der Waals surface area contributed by atoms with E-state index >= 15 is 0 Å². The van der Waals surface area contributed by atoms with Crippen LogP contribution in [0.4, 0.5) is 0 Å². The summed E-state index contributed by atoms with van der Waals surface area (Å²) in [4.78, 5) is 0. The number of benzene rings is 1. The highest BCUT2D eigenvalue weighted by molar-refractivity contribution is 5.67. The molecule has 0 unspecified atom stereocenters. The van der Waals surface area contributed by atoms with E-state index in [0.717, 1.165) is 36.0 Å². The Bertz CT molecular complexity index is 760. The van der Waals surface area contributed by atoms with Crippen molar-refractivity contribution in [2.24, 2.45) is 11.8 Å². The fourth-order valence-corrected chi connectivity index (χ4v) is 5.44. The summed E-state index contributed by atoms with van der Waals surface area (Å²) in [5, 5.41) is 0. The fraction of sp³-hybridized carbons (Fsp3) is 0.500. The van der Waals surface area contributed by atoms with Crippen molar-refractivity contribution in [2.45, 2.75) is 37.7 Å². The molecule has 1 aromatic rings. The summed E-state index contributed by atoms with van der Waals surface area (Å²) in [6, 6.07) is 4.31. The third-order valence-corrected chi connectivity index (χ3v) is 6.51. The van der Waals surface area contributed by atoms with Gasteiger partial charge in [-0.25, -0.2) is 0 Å². The molecule has 1 aromatic carbocycles. The van der Waals surface area contributed by atoms with E-state index in [1.54, 1.807) is 19.8 Å².